The summed E-state index contributed by atoms with van der Waals surface area (Å²) >= 11 is 0. The molecule has 0 amide bonds. The van der Waals surface area contributed by atoms with E-state index < -0.39 is 0 Å². The summed E-state index contributed by atoms with van der Waals surface area (Å²) in [4.78, 5) is 0. The second kappa shape index (κ2) is 3.40. The Morgan fingerprint density at radius 1 is 1.50 bits per heavy atom. The number of rotatable bonds is 4. The van der Waals surface area contributed by atoms with Crippen LogP contribution in [0.2, 0.25) is 0 Å². The van der Waals surface area contributed by atoms with E-state index in [-0.39, 0.29) is 9.13 Å². The molecule has 0 N–H and O–H groups in total. The van der Waals surface area contributed by atoms with E-state index >= 15 is 0 Å². The molecule has 0 spiro atoms. The molecule has 3 unspecified atom stereocenters. The van der Waals surface area contributed by atoms with Gasteiger partial charge in [0.25, 0.3) is 0 Å². The van der Waals surface area contributed by atoms with Gasteiger partial charge in [-0.15, -0.1) is 6.17 Å². The van der Waals surface area contributed by atoms with Gasteiger partial charge in [0.05, 0.1) is 19.3 Å². The third-order valence-corrected chi connectivity index (χ3v) is 4.60. The number of fused-ring (bicyclic) bond motifs is 2. The summed E-state index contributed by atoms with van der Waals surface area (Å²) in [6, 6.07) is 0. The van der Waals surface area contributed by atoms with E-state index in [2.05, 4.69) is 6.17 Å². The van der Waals surface area contributed by atoms with Crippen LogP contribution in [0.25, 0.3) is 0 Å². The van der Waals surface area contributed by atoms with Crippen LogP contribution in [0.1, 0.15) is 19.3 Å². The smallest absolute Gasteiger partial charge is 0.104 e. The van der Waals surface area contributed by atoms with Crippen molar-refractivity contribution >= 4 is 15.3 Å². The van der Waals surface area contributed by atoms with Gasteiger partial charge in [-0.05, 0) is 30.8 Å². The molecular weight excluding hydrogens is 192 g/mol. The maximum absolute atomic E-state index is 5.90. The first-order chi connectivity index (χ1) is 6.86. The van der Waals surface area contributed by atoms with Crippen LogP contribution in [0, 0.1) is 5.92 Å². The zero-order valence-corrected chi connectivity index (χ0v) is 9.52. The highest BCUT2D eigenvalue weighted by Gasteiger charge is 2.38. The van der Waals surface area contributed by atoms with Crippen LogP contribution in [0.3, 0.4) is 0 Å². The standard InChI is InChI=1S/C11H16O2Si/c1-14-11-4-7-2-9(11)10(3-7)13-6-8-5-12-8/h7-8,10,14H,1-6H2. The maximum Gasteiger partial charge on any atom is 0.104 e. The molecule has 0 radical (unpaired) electrons. The second-order valence-electron chi connectivity index (χ2n) is 4.54. The highest BCUT2D eigenvalue weighted by atomic mass is 28.2. The Kier molecular flexibility index (Phi) is 2.19. The second-order valence-corrected chi connectivity index (χ2v) is 5.65. The van der Waals surface area contributed by atoms with Crippen molar-refractivity contribution in [2.45, 2.75) is 31.5 Å². The molecule has 1 saturated heterocycles. The number of allylic oxidation sites excluding steroid dienone is 1. The molecule has 2 aliphatic carbocycles. The van der Waals surface area contributed by atoms with Crippen LogP contribution in [0.4, 0.5) is 0 Å². The summed E-state index contributed by atoms with van der Waals surface area (Å²) in [7, 11) is 0.288. The summed E-state index contributed by atoms with van der Waals surface area (Å²) in [5.41, 5.74) is 1.61. The molecule has 0 aromatic heterocycles. The summed E-state index contributed by atoms with van der Waals surface area (Å²) in [5, 5.41) is 1.66. The number of epoxide rings is 1. The van der Waals surface area contributed by atoms with Gasteiger partial charge in [0.1, 0.15) is 6.10 Å². The van der Waals surface area contributed by atoms with Gasteiger partial charge in [0.15, 0.2) is 0 Å². The minimum Gasteiger partial charge on any atom is -0.371 e. The van der Waals surface area contributed by atoms with Crippen molar-refractivity contribution in [2.75, 3.05) is 13.2 Å². The number of hydrogen-bond donors (Lipinski definition) is 0. The zero-order valence-electron chi connectivity index (χ0n) is 8.37. The predicted octanol–water partition coefficient (Wildman–Crippen LogP) is 0.707. The zero-order chi connectivity index (χ0) is 9.54. The van der Waals surface area contributed by atoms with Crippen molar-refractivity contribution in [3.8, 4) is 0 Å². The molecular formula is C11H16O2Si. The van der Waals surface area contributed by atoms with Gasteiger partial charge >= 0.3 is 0 Å². The Morgan fingerprint density at radius 2 is 2.36 bits per heavy atom. The molecule has 3 aliphatic rings. The first-order valence-electron chi connectivity index (χ1n) is 5.44. The molecule has 0 aromatic rings. The summed E-state index contributed by atoms with van der Waals surface area (Å²) in [5.74, 6) is 0.888. The summed E-state index contributed by atoms with van der Waals surface area (Å²) < 4.78 is 11.0. The lowest BCUT2D eigenvalue weighted by Crippen LogP contribution is -2.19. The van der Waals surface area contributed by atoms with Crippen LogP contribution in [0.15, 0.2) is 10.8 Å². The van der Waals surface area contributed by atoms with Crippen LogP contribution >= 0.6 is 0 Å². The average molecular weight is 208 g/mol. The van der Waals surface area contributed by atoms with E-state index in [4.69, 9.17) is 9.47 Å². The molecule has 1 aliphatic heterocycles. The molecule has 76 valence electrons. The molecule has 0 aromatic carbocycles. The SMILES string of the molecule is C=[SiH]C1=C2CC(C1)CC2OCC1CO1. The van der Waals surface area contributed by atoms with Crippen molar-refractivity contribution in [3.63, 3.8) is 0 Å². The van der Waals surface area contributed by atoms with Crippen molar-refractivity contribution in [3.05, 3.63) is 10.8 Å². The Morgan fingerprint density at radius 3 is 3.00 bits per heavy atom. The van der Waals surface area contributed by atoms with Crippen LogP contribution in [0.5, 0.6) is 0 Å². The first kappa shape index (κ1) is 9.01. The fourth-order valence-electron chi connectivity index (χ4n) is 2.68. The molecule has 3 atom stereocenters. The van der Waals surface area contributed by atoms with Gasteiger partial charge in [-0.3, -0.25) is 0 Å². The fourth-order valence-corrected chi connectivity index (χ4v) is 3.74. The van der Waals surface area contributed by atoms with Gasteiger partial charge in [-0.1, -0.05) is 5.20 Å². The van der Waals surface area contributed by atoms with E-state index in [1.807, 2.05) is 0 Å². The average Bonchev–Trinajstić information content (AvgIpc) is 2.84. The lowest BCUT2D eigenvalue weighted by Gasteiger charge is -2.19. The Balaban J connectivity index is 1.65. The topological polar surface area (TPSA) is 21.8 Å². The van der Waals surface area contributed by atoms with Gasteiger partial charge in [0, 0.05) is 9.13 Å². The summed E-state index contributed by atoms with van der Waals surface area (Å²) in [6.07, 6.45) is 8.80. The van der Waals surface area contributed by atoms with Crippen LogP contribution < -0.4 is 0 Å². The highest BCUT2D eigenvalue weighted by Crippen LogP contribution is 2.44. The minimum absolute atomic E-state index is 0.288. The van der Waals surface area contributed by atoms with Crippen LogP contribution in [-0.4, -0.2) is 40.7 Å². The number of hydrogen-bond acceptors (Lipinski definition) is 2. The molecule has 2 nitrogen and oxygen atoms in total. The van der Waals surface area contributed by atoms with Crippen LogP contribution in [-0.2, 0) is 9.47 Å². The Hall–Kier alpha value is -0.253. The normalized spacial score (nSPS) is 39.3. The van der Waals surface area contributed by atoms with Gasteiger partial charge in [-0.2, -0.15) is 0 Å². The lowest BCUT2D eigenvalue weighted by atomic mass is 10.0. The van der Waals surface area contributed by atoms with Gasteiger partial charge in [-0.25, -0.2) is 0 Å². The minimum atomic E-state index is 0.288. The largest absolute Gasteiger partial charge is 0.371 e. The van der Waals surface area contributed by atoms with Crippen molar-refractivity contribution in [1.82, 2.24) is 0 Å². The highest BCUT2D eigenvalue weighted by molar-refractivity contribution is 6.49. The number of ether oxygens (including phenoxy) is 2. The first-order valence-corrected chi connectivity index (χ1v) is 6.83. The van der Waals surface area contributed by atoms with Gasteiger partial charge < -0.3 is 9.47 Å². The molecule has 2 fully saturated rings. The summed E-state index contributed by atoms with van der Waals surface area (Å²) in [6.45, 7) is 1.71. The maximum atomic E-state index is 5.90. The Labute approximate surface area is 86.7 Å². The fraction of sp³-hybridized carbons (Fsp3) is 0.727. The Bertz CT molecular complexity index is 294. The molecule has 14 heavy (non-hydrogen) atoms. The molecule has 1 heterocycles. The molecule has 3 heteroatoms. The predicted molar refractivity (Wildman–Crippen MR) is 58.1 cm³/mol. The molecule has 3 rings (SSSR count). The monoisotopic (exact) mass is 208 g/mol. The third kappa shape index (κ3) is 1.53. The van der Waals surface area contributed by atoms with Crippen molar-refractivity contribution in [1.29, 1.82) is 0 Å². The lowest BCUT2D eigenvalue weighted by molar-refractivity contribution is 0.0619. The van der Waals surface area contributed by atoms with E-state index in [1.54, 1.807) is 10.8 Å². The van der Waals surface area contributed by atoms with Crippen molar-refractivity contribution in [2.24, 2.45) is 5.92 Å². The molecule has 1 saturated carbocycles. The van der Waals surface area contributed by atoms with E-state index in [1.165, 1.54) is 19.3 Å². The van der Waals surface area contributed by atoms with E-state index in [9.17, 15) is 0 Å². The quantitative estimate of drug-likeness (QED) is 0.501. The van der Waals surface area contributed by atoms with E-state index in [0.29, 0.717) is 12.2 Å². The van der Waals surface area contributed by atoms with Gasteiger partial charge in [0.2, 0.25) is 0 Å². The van der Waals surface area contributed by atoms with Crippen molar-refractivity contribution < 1.29 is 9.47 Å². The molecule has 2 bridgehead atoms. The van der Waals surface area contributed by atoms with E-state index in [0.717, 1.165) is 19.1 Å². The third-order valence-electron chi connectivity index (χ3n) is 3.50.